The van der Waals surface area contributed by atoms with E-state index in [-0.39, 0.29) is 11.9 Å². The van der Waals surface area contributed by atoms with Gasteiger partial charge in [-0.3, -0.25) is 19.2 Å². The molecule has 2 saturated carbocycles. The fraction of sp³-hybridized carbons (Fsp3) is 0.742. The maximum atomic E-state index is 13.1. The second-order valence-electron chi connectivity index (χ2n) is 12.7. The van der Waals surface area contributed by atoms with Gasteiger partial charge in [-0.05, 0) is 42.7 Å². The molecule has 224 valence electrons. The number of carbonyl (C=O) groups excluding carboxylic acids is 4. The summed E-state index contributed by atoms with van der Waals surface area (Å²) in [6.07, 6.45) is -2.67. The van der Waals surface area contributed by atoms with Gasteiger partial charge < -0.3 is 24.1 Å². The predicted octanol–water partition coefficient (Wildman–Crippen LogP) is 4.45. The molecule has 0 amide bonds. The molecule has 3 rings (SSSR count). The topological polar surface area (TPSA) is 125 Å². The van der Waals surface area contributed by atoms with Gasteiger partial charge in [0.1, 0.15) is 30.5 Å². The third-order valence-corrected chi connectivity index (χ3v) is 9.48. The number of hydrogen-bond donors (Lipinski definition) is 1. The van der Waals surface area contributed by atoms with E-state index in [9.17, 15) is 24.3 Å². The smallest absolute Gasteiger partial charge is 0.308 e. The summed E-state index contributed by atoms with van der Waals surface area (Å²) in [5.41, 5.74) is 0.259. The first-order valence-electron chi connectivity index (χ1n) is 14.3. The lowest BCUT2D eigenvalue weighted by molar-refractivity contribution is -0.203. The highest BCUT2D eigenvalue weighted by atomic mass is 16.6. The standard InChI is InChI=1S/C31H46O9/c1-11-15(2)29(36)40-22-14-16(3)23-27(39-20(7)34)28(35)31(10)13-12-21(37-18(5)32)17(4)24(31)26(38-19(6)33)25(22)30(23,8)9/h15,21-22,24-28,35H,4,11-14H2,1-3,5-10H3/t15-,21-,22-,24-,25-,26-,27+,28-,31+/m0/s1. The van der Waals surface area contributed by atoms with Gasteiger partial charge in [0.2, 0.25) is 0 Å². The lowest BCUT2D eigenvalue weighted by atomic mass is 9.49. The van der Waals surface area contributed by atoms with Crippen LogP contribution in [0, 0.1) is 28.6 Å². The van der Waals surface area contributed by atoms with Gasteiger partial charge in [0, 0.05) is 44.4 Å². The normalized spacial score (nSPS) is 35.9. The van der Waals surface area contributed by atoms with Crippen LogP contribution < -0.4 is 0 Å². The molecular formula is C31H46O9. The lowest BCUT2D eigenvalue weighted by Gasteiger charge is -2.60. The van der Waals surface area contributed by atoms with Crippen LogP contribution in [0.15, 0.2) is 23.3 Å². The van der Waals surface area contributed by atoms with Crippen molar-refractivity contribution in [1.82, 2.24) is 0 Å². The first kappa shape index (κ1) is 31.8. The summed E-state index contributed by atoms with van der Waals surface area (Å²) < 4.78 is 23.8. The molecule has 0 aromatic heterocycles. The SMILES string of the molecule is C=C1[C@@H](OC(C)=O)CC[C@@]2(C)[C@@H](O)[C@H](OC(C)=O)C3=C(C)C[C@H](OC(=O)[C@@H](C)CC)[C@@H]([C@@H](OC(C)=O)[C@H]12)C3(C)C. The monoisotopic (exact) mass is 562 g/mol. The van der Waals surface area contributed by atoms with E-state index in [0.29, 0.717) is 31.3 Å². The molecule has 2 bridgehead atoms. The van der Waals surface area contributed by atoms with Crippen LogP contribution in [-0.2, 0) is 38.1 Å². The Morgan fingerprint density at radius 1 is 1.00 bits per heavy atom. The molecule has 0 saturated heterocycles. The van der Waals surface area contributed by atoms with Gasteiger partial charge in [-0.25, -0.2) is 0 Å². The highest BCUT2D eigenvalue weighted by molar-refractivity contribution is 5.72. The first-order chi connectivity index (χ1) is 18.5. The summed E-state index contributed by atoms with van der Waals surface area (Å²) in [6.45, 7) is 19.6. The molecule has 0 aliphatic heterocycles. The average Bonchev–Trinajstić information content (AvgIpc) is 2.82. The summed E-state index contributed by atoms with van der Waals surface area (Å²) in [5, 5.41) is 12.1. The third-order valence-electron chi connectivity index (χ3n) is 9.48. The molecule has 40 heavy (non-hydrogen) atoms. The van der Waals surface area contributed by atoms with E-state index in [1.165, 1.54) is 20.8 Å². The quantitative estimate of drug-likeness (QED) is 0.284. The van der Waals surface area contributed by atoms with Gasteiger partial charge in [0.05, 0.1) is 5.92 Å². The van der Waals surface area contributed by atoms with Gasteiger partial charge in [-0.1, -0.05) is 46.8 Å². The number of ether oxygens (including phenoxy) is 4. The number of rotatable bonds is 6. The van der Waals surface area contributed by atoms with E-state index in [4.69, 9.17) is 18.9 Å². The molecule has 9 heteroatoms. The van der Waals surface area contributed by atoms with Crippen molar-refractivity contribution < 1.29 is 43.2 Å². The summed E-state index contributed by atoms with van der Waals surface area (Å²) in [7, 11) is 0. The van der Waals surface area contributed by atoms with Crippen molar-refractivity contribution in [3.8, 4) is 0 Å². The zero-order valence-electron chi connectivity index (χ0n) is 25.4. The minimum Gasteiger partial charge on any atom is -0.461 e. The fourth-order valence-electron chi connectivity index (χ4n) is 7.52. The van der Waals surface area contributed by atoms with Crippen molar-refractivity contribution in [1.29, 1.82) is 0 Å². The minimum atomic E-state index is -1.18. The third kappa shape index (κ3) is 5.71. The molecule has 0 unspecified atom stereocenters. The van der Waals surface area contributed by atoms with Gasteiger partial charge in [-0.15, -0.1) is 0 Å². The maximum Gasteiger partial charge on any atom is 0.308 e. The van der Waals surface area contributed by atoms with E-state index in [1.54, 1.807) is 0 Å². The molecule has 2 fully saturated rings. The van der Waals surface area contributed by atoms with Crippen LogP contribution in [0.5, 0.6) is 0 Å². The summed E-state index contributed by atoms with van der Waals surface area (Å²) in [5.74, 6) is -3.48. The Morgan fingerprint density at radius 3 is 2.10 bits per heavy atom. The zero-order valence-corrected chi connectivity index (χ0v) is 25.4. The molecule has 0 aromatic carbocycles. The van der Waals surface area contributed by atoms with E-state index >= 15 is 0 Å². The molecule has 0 aromatic rings. The van der Waals surface area contributed by atoms with Crippen LogP contribution in [-0.4, -0.2) is 59.5 Å². The molecule has 0 radical (unpaired) electrons. The van der Waals surface area contributed by atoms with Crippen molar-refractivity contribution in [2.75, 3.05) is 0 Å². The second kappa shape index (κ2) is 11.7. The number of hydrogen-bond acceptors (Lipinski definition) is 9. The average molecular weight is 563 g/mol. The van der Waals surface area contributed by atoms with Crippen molar-refractivity contribution in [2.24, 2.45) is 28.6 Å². The molecule has 0 heterocycles. The molecule has 3 aliphatic carbocycles. The molecular weight excluding hydrogens is 516 g/mol. The maximum absolute atomic E-state index is 13.1. The van der Waals surface area contributed by atoms with Crippen LogP contribution in [0.4, 0.5) is 0 Å². The summed E-state index contributed by atoms with van der Waals surface area (Å²) in [6, 6.07) is 0. The Hall–Kier alpha value is -2.68. The van der Waals surface area contributed by atoms with Gasteiger partial charge in [0.25, 0.3) is 0 Å². The Kier molecular flexibility index (Phi) is 9.29. The van der Waals surface area contributed by atoms with Crippen molar-refractivity contribution in [3.05, 3.63) is 23.3 Å². The predicted molar refractivity (Wildman–Crippen MR) is 147 cm³/mol. The van der Waals surface area contributed by atoms with E-state index < -0.39 is 71.1 Å². The van der Waals surface area contributed by atoms with Crippen LogP contribution in [0.1, 0.15) is 88.0 Å². The largest absolute Gasteiger partial charge is 0.461 e. The molecule has 1 N–H and O–H groups in total. The number of fused-ring (bicyclic) bond motifs is 3. The van der Waals surface area contributed by atoms with Crippen molar-refractivity contribution in [2.45, 2.75) is 119 Å². The van der Waals surface area contributed by atoms with Gasteiger partial charge in [0.15, 0.2) is 0 Å². The Labute approximate surface area is 237 Å². The molecule has 9 atom stereocenters. The van der Waals surface area contributed by atoms with Crippen molar-refractivity contribution >= 4 is 23.9 Å². The lowest BCUT2D eigenvalue weighted by Crippen LogP contribution is -2.65. The minimum absolute atomic E-state index is 0.317. The van der Waals surface area contributed by atoms with Crippen LogP contribution in [0.2, 0.25) is 0 Å². The number of carbonyl (C=O) groups is 4. The van der Waals surface area contributed by atoms with Crippen LogP contribution in [0.3, 0.4) is 0 Å². The number of aliphatic hydroxyl groups is 1. The highest BCUT2D eigenvalue weighted by Crippen LogP contribution is 2.60. The number of aliphatic hydroxyl groups excluding tert-OH is 1. The zero-order chi connectivity index (χ0) is 30.3. The van der Waals surface area contributed by atoms with Crippen molar-refractivity contribution in [3.63, 3.8) is 0 Å². The van der Waals surface area contributed by atoms with Gasteiger partial charge >= 0.3 is 23.9 Å². The molecule has 9 nitrogen and oxygen atoms in total. The molecule has 3 aliphatic rings. The van der Waals surface area contributed by atoms with E-state index in [1.807, 2.05) is 41.5 Å². The Bertz CT molecular complexity index is 1090. The molecule has 0 spiro atoms. The van der Waals surface area contributed by atoms with Crippen LogP contribution >= 0.6 is 0 Å². The summed E-state index contributed by atoms with van der Waals surface area (Å²) in [4.78, 5) is 50.2. The fourth-order valence-corrected chi connectivity index (χ4v) is 7.52. The van der Waals surface area contributed by atoms with E-state index in [0.717, 1.165) is 11.1 Å². The first-order valence-corrected chi connectivity index (χ1v) is 14.3. The van der Waals surface area contributed by atoms with Gasteiger partial charge in [-0.2, -0.15) is 0 Å². The highest BCUT2D eigenvalue weighted by Gasteiger charge is 2.64. The Morgan fingerprint density at radius 2 is 1.57 bits per heavy atom. The van der Waals surface area contributed by atoms with E-state index in [2.05, 4.69) is 6.58 Å². The number of esters is 4. The second-order valence-corrected chi connectivity index (χ2v) is 12.7. The Balaban J connectivity index is 2.33. The summed E-state index contributed by atoms with van der Waals surface area (Å²) >= 11 is 0. The van der Waals surface area contributed by atoms with Crippen LogP contribution in [0.25, 0.3) is 0 Å².